The molecule has 0 bridgehead atoms. The molecule has 0 aliphatic heterocycles. The number of rotatable bonds is 8. The van der Waals surface area contributed by atoms with Crippen molar-refractivity contribution in [1.29, 1.82) is 0 Å². The van der Waals surface area contributed by atoms with Gasteiger partial charge in [0.25, 0.3) is 0 Å². The predicted molar refractivity (Wildman–Crippen MR) is 87.7 cm³/mol. The van der Waals surface area contributed by atoms with E-state index < -0.39 is 0 Å². The number of aliphatic hydroxyl groups excluding tert-OH is 1. The van der Waals surface area contributed by atoms with Crippen molar-refractivity contribution >= 4 is 12.0 Å². The fraction of sp³-hybridized carbons (Fsp3) is 0.278. The van der Waals surface area contributed by atoms with Crippen LogP contribution in [0.2, 0.25) is 0 Å². The highest BCUT2D eigenvalue weighted by atomic mass is 16.5. The van der Waals surface area contributed by atoms with E-state index >= 15 is 0 Å². The number of amides is 1. The van der Waals surface area contributed by atoms with Crippen LogP contribution in [0.1, 0.15) is 23.0 Å². The lowest BCUT2D eigenvalue weighted by molar-refractivity contribution is -0.117. The van der Waals surface area contributed by atoms with Crippen LogP contribution < -0.4 is 5.32 Å². The molecule has 0 saturated heterocycles. The van der Waals surface area contributed by atoms with Gasteiger partial charge >= 0.3 is 0 Å². The summed E-state index contributed by atoms with van der Waals surface area (Å²) in [4.78, 5) is 11.9. The van der Waals surface area contributed by atoms with Crippen molar-refractivity contribution in [1.82, 2.24) is 5.32 Å². The summed E-state index contributed by atoms with van der Waals surface area (Å²) in [6.07, 6.45) is 4.26. The maximum Gasteiger partial charge on any atom is 0.244 e. The molecule has 0 aliphatic carbocycles. The van der Waals surface area contributed by atoms with E-state index in [0.29, 0.717) is 12.3 Å². The smallest absolute Gasteiger partial charge is 0.244 e. The maximum atomic E-state index is 11.9. The van der Waals surface area contributed by atoms with E-state index in [2.05, 4.69) is 5.32 Å². The second-order valence-corrected chi connectivity index (χ2v) is 5.09. The summed E-state index contributed by atoms with van der Waals surface area (Å²) in [7, 11) is 0. The zero-order valence-electron chi connectivity index (χ0n) is 13.1. The zero-order valence-corrected chi connectivity index (χ0v) is 13.1. The van der Waals surface area contributed by atoms with Crippen molar-refractivity contribution in [3.8, 4) is 0 Å². The number of aliphatic hydroxyl groups is 1. The van der Waals surface area contributed by atoms with Crippen molar-refractivity contribution < 1.29 is 19.1 Å². The molecule has 1 heterocycles. The van der Waals surface area contributed by atoms with Crippen LogP contribution in [0.25, 0.3) is 6.08 Å². The van der Waals surface area contributed by atoms with Gasteiger partial charge in [-0.1, -0.05) is 29.8 Å². The number of furan rings is 1. The molecule has 1 unspecified atom stereocenters. The molecule has 2 rings (SSSR count). The number of aryl methyl sites for hydroxylation is 1. The van der Waals surface area contributed by atoms with E-state index in [1.165, 1.54) is 6.08 Å². The summed E-state index contributed by atoms with van der Waals surface area (Å²) in [5, 5.41) is 11.7. The molecular weight excluding hydrogens is 294 g/mol. The average molecular weight is 315 g/mol. The van der Waals surface area contributed by atoms with Crippen LogP contribution in [0.4, 0.5) is 0 Å². The Hall–Kier alpha value is -2.37. The Morgan fingerprint density at radius 3 is 2.78 bits per heavy atom. The normalized spacial score (nSPS) is 12.4. The van der Waals surface area contributed by atoms with Gasteiger partial charge in [0.15, 0.2) is 0 Å². The molecule has 1 atom stereocenters. The summed E-state index contributed by atoms with van der Waals surface area (Å²) >= 11 is 0. The minimum Gasteiger partial charge on any atom is -0.465 e. The Morgan fingerprint density at radius 2 is 2.13 bits per heavy atom. The van der Waals surface area contributed by atoms with Crippen LogP contribution in [0, 0.1) is 6.92 Å². The topological polar surface area (TPSA) is 71.7 Å². The fourth-order valence-corrected chi connectivity index (χ4v) is 2.05. The summed E-state index contributed by atoms with van der Waals surface area (Å²) in [6.45, 7) is 2.49. The highest BCUT2D eigenvalue weighted by molar-refractivity contribution is 5.91. The number of benzene rings is 1. The number of hydrogen-bond donors (Lipinski definition) is 2. The largest absolute Gasteiger partial charge is 0.465 e. The number of nitrogens with one attached hydrogen (secondary N) is 1. The number of carbonyl (C=O) groups is 1. The maximum absolute atomic E-state index is 11.9. The molecule has 0 saturated carbocycles. The lowest BCUT2D eigenvalue weighted by Crippen LogP contribution is -2.28. The molecule has 2 aromatic rings. The molecule has 1 aromatic carbocycles. The summed E-state index contributed by atoms with van der Waals surface area (Å²) in [6, 6.07) is 11.4. The first-order valence-electron chi connectivity index (χ1n) is 7.47. The molecule has 0 fully saturated rings. The Morgan fingerprint density at radius 1 is 1.35 bits per heavy atom. The van der Waals surface area contributed by atoms with Crippen LogP contribution in [0.15, 0.2) is 53.2 Å². The Labute approximate surface area is 135 Å². The van der Waals surface area contributed by atoms with Gasteiger partial charge in [-0.25, -0.2) is 0 Å². The highest BCUT2D eigenvalue weighted by Crippen LogP contribution is 2.17. The van der Waals surface area contributed by atoms with E-state index in [1.54, 1.807) is 24.5 Å². The SMILES string of the molecule is Cc1ccc(C(CNC(=O)/C=C/c2ccco2)OCCO)cc1. The van der Waals surface area contributed by atoms with E-state index in [1.807, 2.05) is 31.2 Å². The van der Waals surface area contributed by atoms with Gasteiger partial charge in [0, 0.05) is 12.6 Å². The number of carbonyl (C=O) groups excluding carboxylic acids is 1. The molecule has 5 nitrogen and oxygen atoms in total. The third-order valence-electron chi connectivity index (χ3n) is 3.26. The predicted octanol–water partition coefficient (Wildman–Crippen LogP) is 2.47. The zero-order chi connectivity index (χ0) is 16.5. The molecule has 0 aliphatic rings. The third-order valence-corrected chi connectivity index (χ3v) is 3.26. The number of hydrogen-bond acceptors (Lipinski definition) is 4. The first-order chi connectivity index (χ1) is 11.2. The summed E-state index contributed by atoms with van der Waals surface area (Å²) in [5.74, 6) is 0.387. The lowest BCUT2D eigenvalue weighted by atomic mass is 10.1. The quantitative estimate of drug-likeness (QED) is 0.734. The van der Waals surface area contributed by atoms with Gasteiger partial charge in [-0.15, -0.1) is 0 Å². The van der Waals surface area contributed by atoms with E-state index in [4.69, 9.17) is 14.3 Å². The van der Waals surface area contributed by atoms with Crippen molar-refractivity contribution in [2.24, 2.45) is 0 Å². The van der Waals surface area contributed by atoms with Crippen molar-refractivity contribution in [3.63, 3.8) is 0 Å². The van der Waals surface area contributed by atoms with Crippen molar-refractivity contribution in [2.75, 3.05) is 19.8 Å². The van der Waals surface area contributed by atoms with E-state index in [0.717, 1.165) is 11.1 Å². The Bertz CT molecular complexity index is 617. The highest BCUT2D eigenvalue weighted by Gasteiger charge is 2.12. The van der Waals surface area contributed by atoms with Gasteiger partial charge in [-0.2, -0.15) is 0 Å². The fourth-order valence-electron chi connectivity index (χ4n) is 2.05. The van der Waals surface area contributed by atoms with E-state index in [-0.39, 0.29) is 25.2 Å². The number of ether oxygens (including phenoxy) is 1. The molecule has 5 heteroatoms. The van der Waals surface area contributed by atoms with Crippen LogP contribution in [-0.4, -0.2) is 30.8 Å². The van der Waals surface area contributed by atoms with Gasteiger partial charge in [0.2, 0.25) is 5.91 Å². The minimum absolute atomic E-state index is 0.0608. The molecular formula is C18H21NO4. The van der Waals surface area contributed by atoms with Crippen molar-refractivity contribution in [3.05, 3.63) is 65.6 Å². The first-order valence-corrected chi connectivity index (χ1v) is 7.47. The third kappa shape index (κ3) is 5.73. The molecule has 0 radical (unpaired) electrons. The molecule has 1 amide bonds. The second kappa shape index (κ2) is 8.92. The van der Waals surface area contributed by atoms with Crippen LogP contribution in [0.5, 0.6) is 0 Å². The average Bonchev–Trinajstić information content (AvgIpc) is 3.07. The van der Waals surface area contributed by atoms with Gasteiger partial charge in [-0.3, -0.25) is 4.79 Å². The molecule has 1 aromatic heterocycles. The van der Waals surface area contributed by atoms with Gasteiger partial charge in [0.05, 0.1) is 25.6 Å². The van der Waals surface area contributed by atoms with E-state index in [9.17, 15) is 4.79 Å². The van der Waals surface area contributed by atoms with Crippen LogP contribution >= 0.6 is 0 Å². The first kappa shape index (κ1) is 17.0. The Balaban J connectivity index is 1.92. The second-order valence-electron chi connectivity index (χ2n) is 5.09. The van der Waals surface area contributed by atoms with Crippen LogP contribution in [0.3, 0.4) is 0 Å². The summed E-state index contributed by atoms with van der Waals surface area (Å²) in [5.41, 5.74) is 2.11. The van der Waals surface area contributed by atoms with Crippen LogP contribution in [-0.2, 0) is 9.53 Å². The molecule has 2 N–H and O–H groups in total. The van der Waals surface area contributed by atoms with Crippen molar-refractivity contribution in [2.45, 2.75) is 13.0 Å². The minimum atomic E-state index is -0.302. The van der Waals surface area contributed by atoms with Gasteiger partial charge in [-0.05, 0) is 30.7 Å². The van der Waals surface area contributed by atoms with Gasteiger partial charge < -0.3 is 19.6 Å². The summed E-state index contributed by atoms with van der Waals surface area (Å²) < 4.78 is 10.7. The Kier molecular flexibility index (Phi) is 6.59. The van der Waals surface area contributed by atoms with Gasteiger partial charge in [0.1, 0.15) is 5.76 Å². The molecule has 122 valence electrons. The lowest BCUT2D eigenvalue weighted by Gasteiger charge is -2.18. The molecule has 23 heavy (non-hydrogen) atoms. The monoisotopic (exact) mass is 315 g/mol. The molecule has 0 spiro atoms. The standard InChI is InChI=1S/C18H21NO4/c1-14-4-6-15(7-5-14)17(23-12-10-20)13-19-18(21)9-8-16-3-2-11-22-16/h2-9,11,17,20H,10,12-13H2,1H3,(H,19,21)/b9-8+.